The first-order valence-corrected chi connectivity index (χ1v) is 11.3. The summed E-state index contributed by atoms with van der Waals surface area (Å²) in [5.74, 6) is 0.669. The quantitative estimate of drug-likeness (QED) is 0.541. The summed E-state index contributed by atoms with van der Waals surface area (Å²) in [6.45, 7) is 7.98. The van der Waals surface area contributed by atoms with Crippen LogP contribution in [0.15, 0.2) is 48.5 Å². The second kappa shape index (κ2) is 11.4. The van der Waals surface area contributed by atoms with Crippen molar-refractivity contribution in [2.45, 2.75) is 52.1 Å². The molecular weight excluding hydrogens is 396 g/mol. The topological polar surface area (TPSA) is 32.8 Å². The van der Waals surface area contributed by atoms with Crippen LogP contribution in [0.5, 0.6) is 5.75 Å². The van der Waals surface area contributed by atoms with Crippen LogP contribution in [0.25, 0.3) is 0 Å². The Balaban J connectivity index is 1.57. The van der Waals surface area contributed by atoms with E-state index in [9.17, 15) is 4.79 Å². The van der Waals surface area contributed by atoms with Crippen LogP contribution in [0, 0.1) is 6.92 Å². The van der Waals surface area contributed by atoms with Gasteiger partial charge in [0.25, 0.3) is 5.91 Å². The summed E-state index contributed by atoms with van der Waals surface area (Å²) in [6, 6.07) is 16.2. The van der Waals surface area contributed by atoms with Crippen molar-refractivity contribution >= 4 is 17.5 Å². The number of carbonyl (C=O) groups is 1. The molecule has 2 aromatic carbocycles. The number of benzene rings is 2. The molecule has 5 heteroatoms. The van der Waals surface area contributed by atoms with Crippen molar-refractivity contribution in [3.05, 3.63) is 64.7 Å². The number of rotatable bonds is 9. The fourth-order valence-electron chi connectivity index (χ4n) is 3.93. The van der Waals surface area contributed by atoms with Gasteiger partial charge in [0.2, 0.25) is 0 Å². The van der Waals surface area contributed by atoms with E-state index in [2.05, 4.69) is 43.0 Å². The Labute approximate surface area is 185 Å². The predicted octanol–water partition coefficient (Wildman–Crippen LogP) is 5.32. The van der Waals surface area contributed by atoms with Crippen LogP contribution >= 0.6 is 11.6 Å². The van der Waals surface area contributed by atoms with Crippen LogP contribution in [0.4, 0.5) is 0 Å². The van der Waals surface area contributed by atoms with Gasteiger partial charge in [-0.05, 0) is 69.5 Å². The normalized spacial score (nSPS) is 17.0. The third kappa shape index (κ3) is 7.03. The number of hydrogen-bond donors (Lipinski definition) is 0. The van der Waals surface area contributed by atoms with Gasteiger partial charge in [-0.25, -0.2) is 0 Å². The molecule has 0 aliphatic carbocycles. The summed E-state index contributed by atoms with van der Waals surface area (Å²) in [5.41, 5.74) is 2.37. The van der Waals surface area contributed by atoms with E-state index in [-0.39, 0.29) is 12.5 Å². The Morgan fingerprint density at radius 2 is 1.87 bits per heavy atom. The third-order valence-corrected chi connectivity index (χ3v) is 6.09. The highest BCUT2D eigenvalue weighted by Gasteiger charge is 2.19. The molecule has 1 fully saturated rings. The summed E-state index contributed by atoms with van der Waals surface area (Å²) >= 11 is 5.92. The number of ether oxygens (including phenoxy) is 1. The van der Waals surface area contributed by atoms with Gasteiger partial charge in [0, 0.05) is 30.7 Å². The Hall–Kier alpha value is -2.04. The molecule has 0 bridgehead atoms. The minimum absolute atomic E-state index is 0.0113. The number of aryl methyl sites for hydroxylation is 1. The van der Waals surface area contributed by atoms with E-state index in [0.717, 1.165) is 25.1 Å². The highest BCUT2D eigenvalue weighted by atomic mass is 35.5. The number of nitrogens with zero attached hydrogens (tertiary/aromatic N) is 2. The number of piperidine rings is 1. The summed E-state index contributed by atoms with van der Waals surface area (Å²) < 4.78 is 5.71. The Bertz CT molecular complexity index is 792. The van der Waals surface area contributed by atoms with E-state index < -0.39 is 0 Å². The first kappa shape index (κ1) is 22.6. The van der Waals surface area contributed by atoms with Gasteiger partial charge in [0.1, 0.15) is 5.75 Å². The molecule has 1 aliphatic heterocycles. The molecule has 0 saturated carbocycles. The van der Waals surface area contributed by atoms with Gasteiger partial charge in [-0.1, -0.05) is 47.9 Å². The van der Waals surface area contributed by atoms with E-state index >= 15 is 0 Å². The van der Waals surface area contributed by atoms with Crippen LogP contribution in [0.3, 0.4) is 0 Å². The minimum atomic E-state index is 0.0113. The number of likely N-dealkylation sites (tertiary alicyclic amines) is 1. The zero-order chi connectivity index (χ0) is 21.3. The molecule has 1 atom stereocenters. The summed E-state index contributed by atoms with van der Waals surface area (Å²) in [7, 11) is 0. The van der Waals surface area contributed by atoms with E-state index in [1.54, 1.807) is 24.3 Å². The molecule has 0 N–H and O–H groups in total. The van der Waals surface area contributed by atoms with Crippen molar-refractivity contribution in [2.75, 3.05) is 26.2 Å². The van der Waals surface area contributed by atoms with Crippen molar-refractivity contribution < 1.29 is 9.53 Å². The maximum Gasteiger partial charge on any atom is 0.260 e. The number of hydrogen-bond acceptors (Lipinski definition) is 3. The molecule has 162 valence electrons. The van der Waals surface area contributed by atoms with Crippen LogP contribution in [-0.2, 0) is 11.3 Å². The molecule has 0 aromatic heterocycles. The average Bonchev–Trinajstić information content (AvgIpc) is 2.75. The molecule has 30 heavy (non-hydrogen) atoms. The standard InChI is InChI=1S/C25H33ClN2O2/c1-20-7-9-22(10-8-20)18-28(17-5-16-27-15-4-3-6-21(27)2)25(29)19-30-24-13-11-23(26)12-14-24/h7-14,21H,3-6,15-19H2,1-2H3. The molecule has 0 spiro atoms. The van der Waals surface area contributed by atoms with Gasteiger partial charge in [-0.15, -0.1) is 0 Å². The monoisotopic (exact) mass is 428 g/mol. The van der Waals surface area contributed by atoms with Crippen molar-refractivity contribution in [3.63, 3.8) is 0 Å². The van der Waals surface area contributed by atoms with Crippen LogP contribution in [-0.4, -0.2) is 48.0 Å². The lowest BCUT2D eigenvalue weighted by atomic mass is 10.0. The molecule has 4 nitrogen and oxygen atoms in total. The highest BCUT2D eigenvalue weighted by Crippen LogP contribution is 2.18. The fourth-order valence-corrected chi connectivity index (χ4v) is 4.05. The minimum Gasteiger partial charge on any atom is -0.484 e. The van der Waals surface area contributed by atoms with Gasteiger partial charge >= 0.3 is 0 Å². The van der Waals surface area contributed by atoms with Crippen molar-refractivity contribution in [3.8, 4) is 5.75 Å². The van der Waals surface area contributed by atoms with E-state index in [4.69, 9.17) is 16.3 Å². The lowest BCUT2D eigenvalue weighted by Gasteiger charge is -2.34. The molecule has 1 saturated heterocycles. The molecular formula is C25H33ClN2O2. The summed E-state index contributed by atoms with van der Waals surface area (Å²) in [6.07, 6.45) is 4.87. The van der Waals surface area contributed by atoms with Crippen LogP contribution in [0.1, 0.15) is 43.7 Å². The zero-order valence-corrected chi connectivity index (χ0v) is 18.9. The zero-order valence-electron chi connectivity index (χ0n) is 18.1. The Morgan fingerprint density at radius 3 is 2.57 bits per heavy atom. The lowest BCUT2D eigenvalue weighted by Crippen LogP contribution is -2.40. The van der Waals surface area contributed by atoms with Crippen molar-refractivity contribution in [2.24, 2.45) is 0 Å². The van der Waals surface area contributed by atoms with Gasteiger partial charge in [-0.2, -0.15) is 0 Å². The molecule has 3 rings (SSSR count). The Kier molecular flexibility index (Phi) is 8.59. The van der Waals surface area contributed by atoms with Gasteiger partial charge < -0.3 is 14.5 Å². The molecule has 1 aliphatic rings. The fraction of sp³-hybridized carbons (Fsp3) is 0.480. The molecule has 2 aromatic rings. The second-order valence-electron chi connectivity index (χ2n) is 8.28. The second-order valence-corrected chi connectivity index (χ2v) is 8.71. The molecule has 0 radical (unpaired) electrons. The van der Waals surface area contributed by atoms with Crippen molar-refractivity contribution in [1.82, 2.24) is 9.80 Å². The predicted molar refractivity (Wildman–Crippen MR) is 123 cm³/mol. The number of carbonyl (C=O) groups excluding carboxylic acids is 1. The van der Waals surface area contributed by atoms with E-state index in [0.29, 0.717) is 23.4 Å². The molecule has 1 heterocycles. The van der Waals surface area contributed by atoms with Gasteiger partial charge in [0.15, 0.2) is 6.61 Å². The largest absolute Gasteiger partial charge is 0.484 e. The van der Waals surface area contributed by atoms with Crippen molar-refractivity contribution in [1.29, 1.82) is 0 Å². The number of amides is 1. The third-order valence-electron chi connectivity index (χ3n) is 5.84. The first-order valence-electron chi connectivity index (χ1n) is 11.0. The van der Waals surface area contributed by atoms with Gasteiger partial charge in [-0.3, -0.25) is 4.79 Å². The highest BCUT2D eigenvalue weighted by molar-refractivity contribution is 6.30. The first-order chi connectivity index (χ1) is 14.5. The molecule has 1 unspecified atom stereocenters. The van der Waals surface area contributed by atoms with Crippen LogP contribution < -0.4 is 4.74 Å². The Morgan fingerprint density at radius 1 is 1.13 bits per heavy atom. The maximum absolute atomic E-state index is 13.0. The lowest BCUT2D eigenvalue weighted by molar-refractivity contribution is -0.134. The van der Waals surface area contributed by atoms with Gasteiger partial charge in [0.05, 0.1) is 0 Å². The van der Waals surface area contributed by atoms with E-state index in [1.165, 1.54) is 31.4 Å². The number of halogens is 1. The average molecular weight is 429 g/mol. The van der Waals surface area contributed by atoms with E-state index in [1.807, 2.05) is 4.90 Å². The maximum atomic E-state index is 13.0. The van der Waals surface area contributed by atoms with Crippen LogP contribution in [0.2, 0.25) is 5.02 Å². The molecule has 1 amide bonds. The SMILES string of the molecule is Cc1ccc(CN(CCCN2CCCCC2C)C(=O)COc2ccc(Cl)cc2)cc1. The summed E-state index contributed by atoms with van der Waals surface area (Å²) in [4.78, 5) is 17.4. The smallest absolute Gasteiger partial charge is 0.260 e. The summed E-state index contributed by atoms with van der Waals surface area (Å²) in [5, 5.41) is 0.654.